The minimum absolute atomic E-state index is 0.286. The van der Waals surface area contributed by atoms with E-state index in [4.69, 9.17) is 10.00 Å². The van der Waals surface area contributed by atoms with E-state index < -0.39 is 24.3 Å². The van der Waals surface area contributed by atoms with Gasteiger partial charge in [-0.25, -0.2) is 9.78 Å². The number of Topliss-reactive ketones (excluding diaryl/α,β-unsaturated/α-hetero) is 1. The molecule has 0 unspecified atom stereocenters. The highest BCUT2D eigenvalue weighted by atomic mass is 32.1. The Labute approximate surface area is 134 Å². The summed E-state index contributed by atoms with van der Waals surface area (Å²) >= 11 is 2.16. The van der Waals surface area contributed by atoms with Crippen molar-refractivity contribution in [3.63, 3.8) is 0 Å². The van der Waals surface area contributed by atoms with Crippen molar-refractivity contribution in [2.24, 2.45) is 0 Å². The lowest BCUT2D eigenvalue weighted by Gasteiger charge is -2.06. The maximum atomic E-state index is 12.1. The van der Waals surface area contributed by atoms with Gasteiger partial charge in [0.15, 0.2) is 23.2 Å². The number of thiazole rings is 1. The van der Waals surface area contributed by atoms with E-state index in [1.807, 2.05) is 13.0 Å². The molecule has 7 nitrogen and oxygen atoms in total. The number of rotatable bonds is 6. The van der Waals surface area contributed by atoms with E-state index in [1.165, 1.54) is 11.3 Å². The van der Waals surface area contributed by atoms with E-state index in [0.29, 0.717) is 17.1 Å². The van der Waals surface area contributed by atoms with Gasteiger partial charge in [-0.2, -0.15) is 5.26 Å². The number of aryl methyl sites for hydroxylation is 2. The lowest BCUT2D eigenvalue weighted by atomic mass is 10.1. The van der Waals surface area contributed by atoms with Gasteiger partial charge < -0.3 is 4.74 Å². The van der Waals surface area contributed by atoms with Crippen LogP contribution in [0, 0.1) is 18.3 Å². The molecule has 0 bridgehead atoms. The molecule has 0 N–H and O–H groups in total. The zero-order chi connectivity index (χ0) is 16.1. The number of nitrogens with zero attached hydrogens (tertiary/aromatic N) is 4. The molecule has 0 aliphatic heterocycles. The Morgan fingerprint density at radius 3 is 2.86 bits per heavy atom. The van der Waals surface area contributed by atoms with Crippen LogP contribution in [-0.2, 0) is 16.0 Å². The van der Waals surface area contributed by atoms with Gasteiger partial charge in [0.2, 0.25) is 0 Å². The number of ether oxygens (including phenoxy) is 1. The SMILES string of the molecule is CCc1nnsc1C(=O)OCC(=O)[C@H](C#N)c1nc(C)cs1. The third kappa shape index (κ3) is 3.52. The van der Waals surface area contributed by atoms with E-state index in [2.05, 4.69) is 14.6 Å². The van der Waals surface area contributed by atoms with Crippen molar-refractivity contribution >= 4 is 34.6 Å². The van der Waals surface area contributed by atoms with Crippen LogP contribution in [0.4, 0.5) is 0 Å². The predicted octanol–water partition coefficient (Wildman–Crippen LogP) is 1.90. The molecule has 0 spiro atoms. The maximum Gasteiger partial charge on any atom is 0.352 e. The number of hydrogen-bond acceptors (Lipinski definition) is 9. The number of aromatic nitrogens is 3. The van der Waals surface area contributed by atoms with Crippen LogP contribution in [-0.4, -0.2) is 32.9 Å². The minimum atomic E-state index is -1.02. The average molecular weight is 336 g/mol. The van der Waals surface area contributed by atoms with E-state index in [1.54, 1.807) is 12.3 Å². The van der Waals surface area contributed by atoms with Crippen LogP contribution in [0.25, 0.3) is 0 Å². The van der Waals surface area contributed by atoms with Crippen molar-refractivity contribution < 1.29 is 14.3 Å². The Bertz CT molecular complexity index is 732. The lowest BCUT2D eigenvalue weighted by molar-refractivity contribution is -0.122. The van der Waals surface area contributed by atoms with Gasteiger partial charge in [-0.15, -0.1) is 16.4 Å². The van der Waals surface area contributed by atoms with Gasteiger partial charge in [-0.1, -0.05) is 11.4 Å². The van der Waals surface area contributed by atoms with Crippen molar-refractivity contribution in [3.8, 4) is 6.07 Å². The molecular formula is C13H12N4O3S2. The molecule has 22 heavy (non-hydrogen) atoms. The van der Waals surface area contributed by atoms with Crippen LogP contribution in [0.5, 0.6) is 0 Å². The molecule has 1 atom stereocenters. The summed E-state index contributed by atoms with van der Waals surface area (Å²) in [5, 5.41) is 15.1. The molecule has 0 fully saturated rings. The first-order valence-corrected chi connectivity index (χ1v) is 8.04. The van der Waals surface area contributed by atoms with Crippen LogP contribution in [0.3, 0.4) is 0 Å². The molecule has 0 aliphatic carbocycles. The fraction of sp³-hybridized carbons (Fsp3) is 0.385. The summed E-state index contributed by atoms with van der Waals surface area (Å²) in [6, 6.07) is 1.90. The number of hydrogen-bond donors (Lipinski definition) is 0. The van der Waals surface area contributed by atoms with E-state index >= 15 is 0 Å². The monoisotopic (exact) mass is 336 g/mol. The summed E-state index contributed by atoms with van der Waals surface area (Å²) in [4.78, 5) is 28.4. The fourth-order valence-corrected chi connectivity index (χ4v) is 3.16. The van der Waals surface area contributed by atoms with Crippen LogP contribution < -0.4 is 0 Å². The quantitative estimate of drug-likeness (QED) is 0.742. The molecule has 2 aromatic rings. The standard InChI is InChI=1S/C13H12N4O3S2/c1-3-9-11(22-17-16-9)13(19)20-5-10(18)8(4-14)12-15-7(2)6-21-12/h6,8H,3,5H2,1-2H3/t8-/m0/s1. The zero-order valence-corrected chi connectivity index (χ0v) is 13.5. The summed E-state index contributed by atoms with van der Waals surface area (Å²) in [5.74, 6) is -2.16. The van der Waals surface area contributed by atoms with Crippen LogP contribution in [0.1, 0.15) is 38.9 Å². The summed E-state index contributed by atoms with van der Waals surface area (Å²) in [6.07, 6.45) is 0.550. The second kappa shape index (κ2) is 7.20. The fourth-order valence-electron chi connectivity index (χ4n) is 1.65. The van der Waals surface area contributed by atoms with E-state index in [-0.39, 0.29) is 4.88 Å². The average Bonchev–Trinajstić information content (AvgIpc) is 3.14. The maximum absolute atomic E-state index is 12.1. The highest BCUT2D eigenvalue weighted by Crippen LogP contribution is 2.21. The highest BCUT2D eigenvalue weighted by Gasteiger charge is 2.25. The number of ketones is 1. The largest absolute Gasteiger partial charge is 0.453 e. The Balaban J connectivity index is 2.00. The smallest absolute Gasteiger partial charge is 0.352 e. The second-order valence-corrected chi connectivity index (χ2v) is 5.98. The molecule has 2 rings (SSSR count). The topological polar surface area (TPSA) is 106 Å². The van der Waals surface area contributed by atoms with Gasteiger partial charge in [0.05, 0.1) is 11.8 Å². The minimum Gasteiger partial charge on any atom is -0.453 e. The van der Waals surface area contributed by atoms with Crippen LogP contribution >= 0.6 is 22.9 Å². The van der Waals surface area contributed by atoms with Gasteiger partial charge in [0.1, 0.15) is 5.01 Å². The van der Waals surface area contributed by atoms with Crippen LogP contribution in [0.15, 0.2) is 5.38 Å². The van der Waals surface area contributed by atoms with Gasteiger partial charge in [0.25, 0.3) is 0 Å². The summed E-state index contributed by atoms with van der Waals surface area (Å²) in [5.41, 5.74) is 1.28. The van der Waals surface area contributed by atoms with Crippen LogP contribution in [0.2, 0.25) is 0 Å². The summed E-state index contributed by atoms with van der Waals surface area (Å²) in [6.45, 7) is 3.15. The molecular weight excluding hydrogens is 324 g/mol. The number of carbonyl (C=O) groups is 2. The second-order valence-electron chi connectivity index (χ2n) is 4.33. The zero-order valence-electron chi connectivity index (χ0n) is 11.9. The van der Waals surface area contributed by atoms with Gasteiger partial charge in [0, 0.05) is 11.1 Å². The molecule has 114 valence electrons. The van der Waals surface area contributed by atoms with Crippen molar-refractivity contribution in [3.05, 3.63) is 26.7 Å². The third-order valence-electron chi connectivity index (χ3n) is 2.76. The lowest BCUT2D eigenvalue weighted by Crippen LogP contribution is -2.20. The van der Waals surface area contributed by atoms with Gasteiger partial charge >= 0.3 is 5.97 Å². The first-order chi connectivity index (χ1) is 10.6. The number of esters is 1. The Morgan fingerprint density at radius 2 is 2.27 bits per heavy atom. The Morgan fingerprint density at radius 1 is 1.50 bits per heavy atom. The van der Waals surface area contributed by atoms with Crippen molar-refractivity contribution in [1.29, 1.82) is 5.26 Å². The molecule has 9 heteroatoms. The molecule has 2 aromatic heterocycles. The number of carbonyl (C=O) groups excluding carboxylic acids is 2. The Kier molecular flexibility index (Phi) is 5.30. The predicted molar refractivity (Wildman–Crippen MR) is 79.8 cm³/mol. The highest BCUT2D eigenvalue weighted by molar-refractivity contribution is 7.10. The first-order valence-electron chi connectivity index (χ1n) is 6.39. The van der Waals surface area contributed by atoms with Crippen molar-refractivity contribution in [2.75, 3.05) is 6.61 Å². The van der Waals surface area contributed by atoms with Crippen molar-refractivity contribution in [1.82, 2.24) is 14.6 Å². The van der Waals surface area contributed by atoms with E-state index in [9.17, 15) is 9.59 Å². The molecule has 0 aliphatic rings. The van der Waals surface area contributed by atoms with E-state index in [0.717, 1.165) is 17.2 Å². The van der Waals surface area contributed by atoms with Crippen molar-refractivity contribution in [2.45, 2.75) is 26.2 Å². The summed E-state index contributed by atoms with van der Waals surface area (Å²) < 4.78 is 8.66. The van der Waals surface area contributed by atoms with Gasteiger partial charge in [-0.05, 0) is 24.9 Å². The molecule has 0 radical (unpaired) electrons. The Hall–Kier alpha value is -2.18. The summed E-state index contributed by atoms with van der Waals surface area (Å²) in [7, 11) is 0. The van der Waals surface area contributed by atoms with Gasteiger partial charge in [-0.3, -0.25) is 4.79 Å². The molecule has 0 saturated heterocycles. The number of nitriles is 1. The third-order valence-corrected chi connectivity index (χ3v) is 4.53. The molecule has 0 aromatic carbocycles. The molecule has 0 saturated carbocycles. The molecule has 0 amide bonds. The molecule has 2 heterocycles. The normalized spacial score (nSPS) is 11.7. The first kappa shape index (κ1) is 16.2.